The molecule has 2 aromatic rings. The van der Waals surface area contributed by atoms with E-state index in [-0.39, 0.29) is 0 Å². The van der Waals surface area contributed by atoms with Gasteiger partial charge in [-0.15, -0.1) is 0 Å². The Bertz CT molecular complexity index is 523. The molecule has 0 amide bonds. The molecular weight excluding hydrogens is 198 g/mol. The van der Waals surface area contributed by atoms with Gasteiger partial charge < -0.3 is 0 Å². The molecule has 1 aliphatic carbocycles. The van der Waals surface area contributed by atoms with Gasteiger partial charge in [0.2, 0.25) is 0 Å². The van der Waals surface area contributed by atoms with Crippen molar-refractivity contribution in [2.75, 3.05) is 0 Å². The lowest BCUT2D eigenvalue weighted by atomic mass is 9.93. The summed E-state index contributed by atoms with van der Waals surface area (Å²) in [6.07, 6.45) is 4.30. The molecule has 1 heterocycles. The van der Waals surface area contributed by atoms with Crippen molar-refractivity contribution in [2.24, 2.45) is 7.05 Å². The Hall–Kier alpha value is -1.64. The first-order valence-electron chi connectivity index (χ1n) is 5.65. The second-order valence-corrected chi connectivity index (χ2v) is 4.85. The van der Waals surface area contributed by atoms with Gasteiger partial charge in [-0.3, -0.25) is 4.68 Å². The quantitative estimate of drug-likeness (QED) is 0.767. The molecule has 3 heteroatoms. The van der Waals surface area contributed by atoms with E-state index in [0.29, 0.717) is 5.41 Å². The van der Waals surface area contributed by atoms with Crippen LogP contribution in [0.4, 0.5) is 0 Å². The first-order valence-corrected chi connectivity index (χ1v) is 5.65. The highest BCUT2D eigenvalue weighted by atomic mass is 15.3. The first kappa shape index (κ1) is 9.58. The zero-order valence-corrected chi connectivity index (χ0v) is 9.64. The van der Waals surface area contributed by atoms with Crippen molar-refractivity contribution in [2.45, 2.75) is 25.2 Å². The van der Waals surface area contributed by atoms with Crippen molar-refractivity contribution in [3.05, 3.63) is 36.2 Å². The monoisotopic (exact) mass is 213 g/mol. The Morgan fingerprint density at radius 2 is 2.00 bits per heavy atom. The maximum atomic E-state index is 4.39. The fraction of sp³-hybridized carbons (Fsp3) is 0.385. The molecule has 16 heavy (non-hydrogen) atoms. The summed E-state index contributed by atoms with van der Waals surface area (Å²) in [6.45, 7) is 2.31. The van der Waals surface area contributed by atoms with E-state index < -0.39 is 0 Å². The Kier molecular flexibility index (Phi) is 1.90. The maximum Gasteiger partial charge on any atom is 0.181 e. The summed E-state index contributed by atoms with van der Waals surface area (Å²) in [4.78, 5) is 4.34. The standard InChI is InChI=1S/C13H15N3/c1-13(7-8-13)11-6-4-3-5-10(11)12-14-9-16(2)15-12/h3-6,9H,7-8H2,1-2H3. The molecule has 0 bridgehead atoms. The van der Waals surface area contributed by atoms with E-state index in [1.165, 1.54) is 24.0 Å². The van der Waals surface area contributed by atoms with E-state index in [9.17, 15) is 0 Å². The van der Waals surface area contributed by atoms with Gasteiger partial charge in [-0.05, 0) is 23.8 Å². The predicted molar refractivity (Wildman–Crippen MR) is 63.0 cm³/mol. The van der Waals surface area contributed by atoms with Crippen LogP contribution in [0.1, 0.15) is 25.3 Å². The Morgan fingerprint density at radius 3 is 2.62 bits per heavy atom. The largest absolute Gasteiger partial charge is 0.255 e. The number of hydrogen-bond acceptors (Lipinski definition) is 2. The number of benzene rings is 1. The second-order valence-electron chi connectivity index (χ2n) is 4.85. The van der Waals surface area contributed by atoms with Crippen LogP contribution in [0, 0.1) is 0 Å². The minimum atomic E-state index is 0.357. The van der Waals surface area contributed by atoms with Crippen LogP contribution in [-0.2, 0) is 12.5 Å². The third-order valence-corrected chi connectivity index (χ3v) is 3.42. The fourth-order valence-corrected chi connectivity index (χ4v) is 2.12. The number of rotatable bonds is 2. The molecule has 0 spiro atoms. The van der Waals surface area contributed by atoms with Crippen LogP contribution in [0.15, 0.2) is 30.6 Å². The van der Waals surface area contributed by atoms with E-state index in [4.69, 9.17) is 0 Å². The molecule has 3 rings (SSSR count). The van der Waals surface area contributed by atoms with Crippen LogP contribution in [-0.4, -0.2) is 14.8 Å². The molecule has 0 N–H and O–H groups in total. The zero-order chi connectivity index (χ0) is 11.2. The molecule has 0 radical (unpaired) electrons. The second kappa shape index (κ2) is 3.17. The molecule has 0 aliphatic heterocycles. The molecule has 1 saturated carbocycles. The average Bonchev–Trinajstić information content (AvgIpc) is 2.89. The lowest BCUT2D eigenvalue weighted by Gasteiger charge is -2.12. The lowest BCUT2D eigenvalue weighted by Crippen LogP contribution is -2.03. The third-order valence-electron chi connectivity index (χ3n) is 3.42. The van der Waals surface area contributed by atoms with Crippen LogP contribution in [0.3, 0.4) is 0 Å². The molecule has 3 nitrogen and oxygen atoms in total. The summed E-state index contributed by atoms with van der Waals surface area (Å²) in [5, 5.41) is 4.39. The first-order chi connectivity index (χ1) is 7.69. The van der Waals surface area contributed by atoms with Gasteiger partial charge >= 0.3 is 0 Å². The van der Waals surface area contributed by atoms with Gasteiger partial charge in [0, 0.05) is 12.6 Å². The van der Waals surface area contributed by atoms with E-state index in [1.54, 1.807) is 11.0 Å². The van der Waals surface area contributed by atoms with Crippen LogP contribution in [0.25, 0.3) is 11.4 Å². The van der Waals surface area contributed by atoms with Gasteiger partial charge in [0.15, 0.2) is 5.82 Å². The minimum absolute atomic E-state index is 0.357. The van der Waals surface area contributed by atoms with Gasteiger partial charge in [0.1, 0.15) is 6.33 Å². The van der Waals surface area contributed by atoms with Crippen molar-refractivity contribution in [1.82, 2.24) is 14.8 Å². The lowest BCUT2D eigenvalue weighted by molar-refractivity contribution is 0.763. The average molecular weight is 213 g/mol. The van der Waals surface area contributed by atoms with Crippen LogP contribution < -0.4 is 0 Å². The van der Waals surface area contributed by atoms with E-state index in [2.05, 4.69) is 41.3 Å². The number of hydrogen-bond donors (Lipinski definition) is 0. The number of aryl methyl sites for hydroxylation is 1. The molecule has 82 valence electrons. The molecule has 0 atom stereocenters. The van der Waals surface area contributed by atoms with Crippen molar-refractivity contribution in [3.8, 4) is 11.4 Å². The highest BCUT2D eigenvalue weighted by Crippen LogP contribution is 2.50. The van der Waals surface area contributed by atoms with Gasteiger partial charge in [-0.25, -0.2) is 4.98 Å². The normalized spacial score (nSPS) is 17.4. The fourth-order valence-electron chi connectivity index (χ4n) is 2.12. The van der Waals surface area contributed by atoms with E-state index >= 15 is 0 Å². The summed E-state index contributed by atoms with van der Waals surface area (Å²) >= 11 is 0. The smallest absolute Gasteiger partial charge is 0.181 e. The Morgan fingerprint density at radius 1 is 1.25 bits per heavy atom. The summed E-state index contributed by atoms with van der Waals surface area (Å²) in [5.41, 5.74) is 2.93. The number of aromatic nitrogens is 3. The predicted octanol–water partition coefficient (Wildman–Crippen LogP) is 2.53. The summed E-state index contributed by atoms with van der Waals surface area (Å²) in [5.74, 6) is 0.839. The van der Waals surface area contributed by atoms with Crippen molar-refractivity contribution < 1.29 is 0 Å². The molecule has 0 unspecified atom stereocenters. The van der Waals surface area contributed by atoms with Gasteiger partial charge in [-0.1, -0.05) is 31.2 Å². The van der Waals surface area contributed by atoms with Crippen LogP contribution in [0.2, 0.25) is 0 Å². The van der Waals surface area contributed by atoms with Gasteiger partial charge in [0.05, 0.1) is 0 Å². The molecular formula is C13H15N3. The number of nitrogens with zero attached hydrogens (tertiary/aromatic N) is 3. The van der Waals surface area contributed by atoms with Crippen LogP contribution >= 0.6 is 0 Å². The molecule has 1 aliphatic rings. The Labute approximate surface area is 95.1 Å². The molecule has 1 aromatic carbocycles. The van der Waals surface area contributed by atoms with Gasteiger partial charge in [0.25, 0.3) is 0 Å². The summed E-state index contributed by atoms with van der Waals surface area (Å²) in [7, 11) is 1.90. The minimum Gasteiger partial charge on any atom is -0.255 e. The molecule has 0 saturated heterocycles. The summed E-state index contributed by atoms with van der Waals surface area (Å²) < 4.78 is 1.75. The van der Waals surface area contributed by atoms with E-state index in [0.717, 1.165) is 5.82 Å². The van der Waals surface area contributed by atoms with Gasteiger partial charge in [-0.2, -0.15) is 5.10 Å². The van der Waals surface area contributed by atoms with Crippen molar-refractivity contribution >= 4 is 0 Å². The SMILES string of the molecule is Cn1cnc(-c2ccccc2C2(C)CC2)n1. The highest BCUT2D eigenvalue weighted by Gasteiger charge is 2.40. The third kappa shape index (κ3) is 1.43. The van der Waals surface area contributed by atoms with Crippen molar-refractivity contribution in [3.63, 3.8) is 0 Å². The maximum absolute atomic E-state index is 4.39. The topological polar surface area (TPSA) is 30.7 Å². The van der Waals surface area contributed by atoms with Crippen LogP contribution in [0.5, 0.6) is 0 Å². The summed E-state index contributed by atoms with van der Waals surface area (Å²) in [6, 6.07) is 8.49. The Balaban J connectivity index is 2.13. The van der Waals surface area contributed by atoms with E-state index in [1.807, 2.05) is 7.05 Å². The van der Waals surface area contributed by atoms with Crippen molar-refractivity contribution in [1.29, 1.82) is 0 Å². The molecule has 1 aromatic heterocycles. The zero-order valence-electron chi connectivity index (χ0n) is 9.64. The highest BCUT2D eigenvalue weighted by molar-refractivity contribution is 5.63. The molecule has 1 fully saturated rings.